The Kier molecular flexibility index (Phi) is 5.80. The van der Waals surface area contributed by atoms with Gasteiger partial charge in [-0.3, -0.25) is 14.6 Å². The highest BCUT2D eigenvalue weighted by molar-refractivity contribution is 5.78. The number of aryl methyl sites for hydroxylation is 1. The van der Waals surface area contributed by atoms with Crippen LogP contribution in [0.25, 0.3) is 0 Å². The number of piperazine rings is 1. The number of hydrogen-bond donors (Lipinski definition) is 0. The summed E-state index contributed by atoms with van der Waals surface area (Å²) in [7, 11) is 0. The third kappa shape index (κ3) is 4.12. The number of rotatable bonds is 5. The summed E-state index contributed by atoms with van der Waals surface area (Å²) in [5.74, 6) is 1.56. The van der Waals surface area contributed by atoms with Gasteiger partial charge in [-0.25, -0.2) is 0 Å². The van der Waals surface area contributed by atoms with E-state index in [9.17, 15) is 4.79 Å². The van der Waals surface area contributed by atoms with Gasteiger partial charge in [-0.05, 0) is 6.92 Å². The molecule has 0 aliphatic carbocycles. The van der Waals surface area contributed by atoms with Crippen LogP contribution < -0.4 is 0 Å². The number of ether oxygens (including phenoxy) is 1. The third-order valence-corrected chi connectivity index (χ3v) is 4.82. The minimum atomic E-state index is 0.0919. The molecule has 134 valence electrons. The van der Waals surface area contributed by atoms with Crippen molar-refractivity contribution in [2.45, 2.75) is 26.3 Å². The van der Waals surface area contributed by atoms with Crippen LogP contribution >= 0.6 is 0 Å². The third-order valence-electron chi connectivity index (χ3n) is 4.82. The van der Waals surface area contributed by atoms with Crippen molar-refractivity contribution in [1.82, 2.24) is 24.9 Å². The topological polar surface area (TPSA) is 74.9 Å². The Morgan fingerprint density at radius 1 is 1.12 bits per heavy atom. The largest absolute Gasteiger partial charge is 0.424 e. The Bertz CT molecular complexity index is 536. The molecule has 2 fully saturated rings. The first-order chi connectivity index (χ1) is 11.7. The van der Waals surface area contributed by atoms with Gasteiger partial charge in [0.05, 0.1) is 25.8 Å². The summed E-state index contributed by atoms with van der Waals surface area (Å²) in [6.45, 7) is 10.9. The first kappa shape index (κ1) is 17.3. The zero-order valence-electron chi connectivity index (χ0n) is 14.6. The molecule has 8 heteroatoms. The van der Waals surface area contributed by atoms with Crippen molar-refractivity contribution < 1.29 is 13.9 Å². The van der Waals surface area contributed by atoms with Gasteiger partial charge in [0.2, 0.25) is 17.7 Å². The lowest BCUT2D eigenvalue weighted by Crippen LogP contribution is -2.52. The minimum Gasteiger partial charge on any atom is -0.424 e. The fourth-order valence-corrected chi connectivity index (χ4v) is 3.14. The van der Waals surface area contributed by atoms with Crippen LogP contribution in [-0.4, -0.2) is 89.8 Å². The molecule has 0 N–H and O–H groups in total. The molecule has 8 nitrogen and oxygen atoms in total. The number of carbonyl (C=O) groups is 1. The SMILES string of the molecule is CCc1nnc([C@@H](C)N2CCN(C(=O)CN3CCOCC3)CC2)o1. The van der Waals surface area contributed by atoms with Crippen molar-refractivity contribution in [3.63, 3.8) is 0 Å². The molecule has 0 saturated carbocycles. The van der Waals surface area contributed by atoms with Gasteiger partial charge in [-0.15, -0.1) is 10.2 Å². The van der Waals surface area contributed by atoms with E-state index >= 15 is 0 Å². The van der Waals surface area contributed by atoms with Crippen molar-refractivity contribution in [3.05, 3.63) is 11.8 Å². The smallest absolute Gasteiger partial charge is 0.236 e. The highest BCUT2D eigenvalue weighted by Crippen LogP contribution is 2.20. The van der Waals surface area contributed by atoms with Crippen LogP contribution in [0, 0.1) is 0 Å². The lowest BCUT2D eigenvalue weighted by atomic mass is 10.2. The van der Waals surface area contributed by atoms with E-state index in [4.69, 9.17) is 9.15 Å². The minimum absolute atomic E-state index is 0.0919. The molecule has 1 aromatic rings. The fourth-order valence-electron chi connectivity index (χ4n) is 3.14. The predicted octanol–water partition coefficient (Wildman–Crippen LogP) is 0.169. The van der Waals surface area contributed by atoms with E-state index in [0.717, 1.165) is 58.9 Å². The Labute approximate surface area is 142 Å². The van der Waals surface area contributed by atoms with Crippen molar-refractivity contribution in [3.8, 4) is 0 Å². The van der Waals surface area contributed by atoms with Gasteiger partial charge in [0, 0.05) is 45.7 Å². The molecule has 24 heavy (non-hydrogen) atoms. The summed E-state index contributed by atoms with van der Waals surface area (Å²) in [6, 6.07) is 0.0919. The second kappa shape index (κ2) is 8.04. The molecule has 2 aliphatic rings. The van der Waals surface area contributed by atoms with Crippen LogP contribution in [-0.2, 0) is 16.0 Å². The summed E-state index contributed by atoms with van der Waals surface area (Å²) in [5.41, 5.74) is 0. The maximum absolute atomic E-state index is 12.4. The number of aromatic nitrogens is 2. The number of amides is 1. The van der Waals surface area contributed by atoms with Crippen LogP contribution in [0.3, 0.4) is 0 Å². The Hall–Kier alpha value is -1.51. The predicted molar refractivity (Wildman–Crippen MR) is 87.5 cm³/mol. The van der Waals surface area contributed by atoms with E-state index in [1.54, 1.807) is 0 Å². The van der Waals surface area contributed by atoms with Crippen LogP contribution in [0.5, 0.6) is 0 Å². The monoisotopic (exact) mass is 337 g/mol. The zero-order valence-corrected chi connectivity index (χ0v) is 14.6. The number of morpholine rings is 1. The normalized spacial score (nSPS) is 21.8. The molecule has 2 aliphatic heterocycles. The lowest BCUT2D eigenvalue weighted by molar-refractivity contribution is -0.135. The van der Waals surface area contributed by atoms with E-state index < -0.39 is 0 Å². The molecule has 1 amide bonds. The first-order valence-corrected chi connectivity index (χ1v) is 8.81. The van der Waals surface area contributed by atoms with Gasteiger partial charge in [0.25, 0.3) is 0 Å². The van der Waals surface area contributed by atoms with Gasteiger partial charge in [0.15, 0.2) is 0 Å². The summed E-state index contributed by atoms with van der Waals surface area (Å²) in [5, 5.41) is 8.17. The summed E-state index contributed by atoms with van der Waals surface area (Å²) in [4.78, 5) is 18.9. The van der Waals surface area contributed by atoms with E-state index in [1.807, 2.05) is 11.8 Å². The Balaban J connectivity index is 1.47. The molecule has 3 heterocycles. The highest BCUT2D eigenvalue weighted by Gasteiger charge is 2.28. The van der Waals surface area contributed by atoms with E-state index in [-0.39, 0.29) is 11.9 Å². The molecule has 0 unspecified atom stereocenters. The van der Waals surface area contributed by atoms with E-state index in [1.165, 1.54) is 0 Å². The number of nitrogens with zero attached hydrogens (tertiary/aromatic N) is 5. The fraction of sp³-hybridized carbons (Fsp3) is 0.812. The quantitative estimate of drug-likeness (QED) is 0.758. The van der Waals surface area contributed by atoms with Crippen molar-refractivity contribution in [1.29, 1.82) is 0 Å². The molecule has 0 bridgehead atoms. The molecule has 1 atom stereocenters. The average Bonchev–Trinajstić information content (AvgIpc) is 3.11. The standard InChI is InChI=1S/C16H27N5O3/c1-3-14-17-18-16(24-14)13(2)20-4-6-21(7-5-20)15(22)12-19-8-10-23-11-9-19/h13H,3-12H2,1-2H3/t13-/m1/s1. The Morgan fingerprint density at radius 3 is 2.46 bits per heavy atom. The van der Waals surface area contributed by atoms with Crippen LogP contribution in [0.1, 0.15) is 31.7 Å². The van der Waals surface area contributed by atoms with E-state index in [2.05, 4.69) is 26.9 Å². The second-order valence-electron chi connectivity index (χ2n) is 6.37. The first-order valence-electron chi connectivity index (χ1n) is 8.81. The van der Waals surface area contributed by atoms with Crippen molar-refractivity contribution in [2.24, 2.45) is 0 Å². The molecular formula is C16H27N5O3. The average molecular weight is 337 g/mol. The molecule has 0 spiro atoms. The Morgan fingerprint density at radius 2 is 1.83 bits per heavy atom. The maximum atomic E-state index is 12.4. The molecular weight excluding hydrogens is 310 g/mol. The van der Waals surface area contributed by atoms with Crippen LogP contribution in [0.2, 0.25) is 0 Å². The van der Waals surface area contributed by atoms with Gasteiger partial charge in [-0.1, -0.05) is 6.92 Å². The number of carbonyl (C=O) groups excluding carboxylic acids is 1. The highest BCUT2D eigenvalue weighted by atomic mass is 16.5. The van der Waals surface area contributed by atoms with Gasteiger partial charge < -0.3 is 14.1 Å². The van der Waals surface area contributed by atoms with Crippen LogP contribution in [0.4, 0.5) is 0 Å². The van der Waals surface area contributed by atoms with Crippen molar-refractivity contribution in [2.75, 3.05) is 59.0 Å². The van der Waals surface area contributed by atoms with Crippen LogP contribution in [0.15, 0.2) is 4.42 Å². The lowest BCUT2D eigenvalue weighted by Gasteiger charge is -2.38. The van der Waals surface area contributed by atoms with Gasteiger partial charge in [-0.2, -0.15) is 0 Å². The summed E-state index contributed by atoms with van der Waals surface area (Å²) >= 11 is 0. The van der Waals surface area contributed by atoms with E-state index in [0.29, 0.717) is 18.3 Å². The maximum Gasteiger partial charge on any atom is 0.236 e. The van der Waals surface area contributed by atoms with Crippen molar-refractivity contribution >= 4 is 5.91 Å². The molecule has 2 saturated heterocycles. The van der Waals surface area contributed by atoms with Gasteiger partial charge in [0.1, 0.15) is 0 Å². The summed E-state index contributed by atoms with van der Waals surface area (Å²) in [6.07, 6.45) is 0.754. The molecule has 1 aromatic heterocycles. The van der Waals surface area contributed by atoms with Gasteiger partial charge >= 0.3 is 0 Å². The second-order valence-corrected chi connectivity index (χ2v) is 6.37. The molecule has 3 rings (SSSR count). The molecule has 0 radical (unpaired) electrons. The number of hydrogen-bond acceptors (Lipinski definition) is 7. The molecule has 0 aromatic carbocycles. The zero-order chi connectivity index (χ0) is 16.9. The summed E-state index contributed by atoms with van der Waals surface area (Å²) < 4.78 is 11.0.